The molecule has 0 radical (unpaired) electrons. The molecule has 0 aromatic heterocycles. The van der Waals surface area contributed by atoms with E-state index in [0.29, 0.717) is 5.69 Å². The molecule has 78 valence electrons. The lowest BCUT2D eigenvalue weighted by molar-refractivity contribution is 0.630. The molecule has 1 aromatic carbocycles. The third kappa shape index (κ3) is 3.88. The van der Waals surface area contributed by atoms with Gasteiger partial charge in [0.1, 0.15) is 5.82 Å². The quantitative estimate of drug-likeness (QED) is 0.823. The Hall–Kier alpha value is -0.220. The maximum absolute atomic E-state index is 13.3. The fraction of sp³-hybridized carbons (Fsp3) is 0.400. The average molecular weight is 278 g/mol. The number of anilines is 1. The predicted molar refractivity (Wildman–Crippen MR) is 65.6 cm³/mol. The molecule has 0 bridgehead atoms. The lowest BCUT2D eigenvalue weighted by Gasteiger charge is -2.06. The predicted octanol–water partition coefficient (Wildman–Crippen LogP) is 3.75. The maximum atomic E-state index is 13.3. The Morgan fingerprint density at radius 3 is 2.93 bits per heavy atom. The van der Waals surface area contributed by atoms with E-state index in [9.17, 15) is 4.39 Å². The van der Waals surface area contributed by atoms with Crippen LogP contribution in [0.25, 0.3) is 0 Å². The minimum absolute atomic E-state index is 0.208. The van der Waals surface area contributed by atoms with Crippen LogP contribution in [0.2, 0.25) is 0 Å². The van der Waals surface area contributed by atoms with E-state index in [1.807, 2.05) is 17.8 Å². The third-order valence-electron chi connectivity index (χ3n) is 1.70. The summed E-state index contributed by atoms with van der Waals surface area (Å²) in [4.78, 5) is 0. The van der Waals surface area contributed by atoms with Crippen molar-refractivity contribution in [3.63, 3.8) is 0 Å². The zero-order chi connectivity index (χ0) is 10.4. The molecule has 0 aliphatic rings. The second-order valence-corrected chi connectivity index (χ2v) is 5.06. The summed E-state index contributed by atoms with van der Waals surface area (Å²) in [6, 6.07) is 5.05. The molecule has 0 saturated carbocycles. The fourth-order valence-corrected chi connectivity index (χ4v) is 1.90. The highest BCUT2D eigenvalue weighted by molar-refractivity contribution is 9.10. The summed E-state index contributed by atoms with van der Waals surface area (Å²) >= 11 is 5.06. The number of hydrogen-bond acceptors (Lipinski definition) is 2. The number of benzene rings is 1. The number of hydrogen-bond donors (Lipinski definition) is 1. The van der Waals surface area contributed by atoms with E-state index in [-0.39, 0.29) is 5.82 Å². The molecule has 4 heteroatoms. The van der Waals surface area contributed by atoms with Crippen LogP contribution in [0.1, 0.15) is 6.92 Å². The molecule has 0 amide bonds. The Morgan fingerprint density at radius 2 is 2.29 bits per heavy atom. The van der Waals surface area contributed by atoms with E-state index in [2.05, 4.69) is 28.2 Å². The minimum Gasteiger partial charge on any atom is -0.382 e. The first-order valence-corrected chi connectivity index (χ1v) is 6.45. The molecule has 0 heterocycles. The van der Waals surface area contributed by atoms with Gasteiger partial charge in [-0.2, -0.15) is 11.8 Å². The summed E-state index contributed by atoms with van der Waals surface area (Å²) in [5.74, 6) is 1.90. The van der Waals surface area contributed by atoms with Gasteiger partial charge in [0.2, 0.25) is 0 Å². The van der Waals surface area contributed by atoms with Gasteiger partial charge in [-0.3, -0.25) is 0 Å². The van der Waals surface area contributed by atoms with E-state index in [1.54, 1.807) is 6.07 Å². The van der Waals surface area contributed by atoms with Crippen molar-refractivity contribution in [1.29, 1.82) is 0 Å². The fourth-order valence-electron chi connectivity index (χ4n) is 1.04. The second kappa shape index (κ2) is 6.30. The Bertz CT molecular complexity index is 293. The lowest BCUT2D eigenvalue weighted by Crippen LogP contribution is -2.05. The summed E-state index contributed by atoms with van der Waals surface area (Å²) in [5, 5.41) is 3.06. The van der Waals surface area contributed by atoms with E-state index in [0.717, 1.165) is 22.5 Å². The molecule has 1 N–H and O–H groups in total. The standard InChI is InChI=1S/C10H13BrFNS/c1-2-14-6-5-13-10-4-3-8(11)7-9(10)12/h3-4,7,13H,2,5-6H2,1H3. The highest BCUT2D eigenvalue weighted by atomic mass is 79.9. The van der Waals surface area contributed by atoms with Crippen LogP contribution in [-0.4, -0.2) is 18.1 Å². The molecule has 0 spiro atoms. The molecule has 1 nitrogen and oxygen atoms in total. The van der Waals surface area contributed by atoms with Gasteiger partial charge in [-0.05, 0) is 24.0 Å². The zero-order valence-corrected chi connectivity index (χ0v) is 10.4. The summed E-state index contributed by atoms with van der Waals surface area (Å²) in [5.41, 5.74) is 0.574. The van der Waals surface area contributed by atoms with Gasteiger partial charge in [-0.25, -0.2) is 4.39 Å². The van der Waals surface area contributed by atoms with Gasteiger partial charge in [-0.1, -0.05) is 22.9 Å². The molecule has 1 rings (SSSR count). The number of nitrogens with one attached hydrogen (secondary N) is 1. The first kappa shape index (κ1) is 11.9. The Kier molecular flexibility index (Phi) is 5.33. The highest BCUT2D eigenvalue weighted by Crippen LogP contribution is 2.19. The summed E-state index contributed by atoms with van der Waals surface area (Å²) in [6.07, 6.45) is 0. The minimum atomic E-state index is -0.208. The van der Waals surface area contributed by atoms with Crippen molar-refractivity contribution < 1.29 is 4.39 Å². The van der Waals surface area contributed by atoms with Crippen LogP contribution in [0.3, 0.4) is 0 Å². The molecular formula is C10H13BrFNS. The number of rotatable bonds is 5. The summed E-state index contributed by atoms with van der Waals surface area (Å²) < 4.78 is 14.0. The average Bonchev–Trinajstić information content (AvgIpc) is 2.15. The second-order valence-electron chi connectivity index (χ2n) is 2.75. The Morgan fingerprint density at radius 1 is 1.50 bits per heavy atom. The Labute approximate surface area is 96.6 Å². The van der Waals surface area contributed by atoms with Crippen molar-refractivity contribution in [3.8, 4) is 0 Å². The summed E-state index contributed by atoms with van der Waals surface area (Å²) in [6.45, 7) is 2.92. The molecule has 1 aromatic rings. The van der Waals surface area contributed by atoms with E-state index < -0.39 is 0 Å². The number of halogens is 2. The molecule has 0 atom stereocenters. The molecule has 0 aliphatic heterocycles. The van der Waals surface area contributed by atoms with E-state index in [4.69, 9.17) is 0 Å². The van der Waals surface area contributed by atoms with Crippen LogP contribution < -0.4 is 5.32 Å². The van der Waals surface area contributed by atoms with Gasteiger partial charge in [-0.15, -0.1) is 0 Å². The van der Waals surface area contributed by atoms with Crippen molar-refractivity contribution in [3.05, 3.63) is 28.5 Å². The van der Waals surface area contributed by atoms with Gasteiger partial charge in [0.05, 0.1) is 5.69 Å². The van der Waals surface area contributed by atoms with Crippen LogP contribution in [-0.2, 0) is 0 Å². The number of thioether (sulfide) groups is 1. The van der Waals surface area contributed by atoms with Gasteiger partial charge in [0.15, 0.2) is 0 Å². The van der Waals surface area contributed by atoms with Crippen molar-refractivity contribution in [1.82, 2.24) is 0 Å². The molecule has 0 unspecified atom stereocenters. The third-order valence-corrected chi connectivity index (χ3v) is 3.09. The zero-order valence-electron chi connectivity index (χ0n) is 8.02. The Balaban J connectivity index is 2.42. The van der Waals surface area contributed by atoms with Crippen LogP contribution in [0.15, 0.2) is 22.7 Å². The maximum Gasteiger partial charge on any atom is 0.147 e. The van der Waals surface area contributed by atoms with Crippen molar-refractivity contribution in [2.75, 3.05) is 23.4 Å². The van der Waals surface area contributed by atoms with Crippen molar-refractivity contribution >= 4 is 33.4 Å². The first-order chi connectivity index (χ1) is 6.74. The molecular weight excluding hydrogens is 265 g/mol. The van der Waals surface area contributed by atoms with Crippen LogP contribution >= 0.6 is 27.7 Å². The largest absolute Gasteiger partial charge is 0.382 e. The topological polar surface area (TPSA) is 12.0 Å². The molecule has 0 saturated heterocycles. The van der Waals surface area contributed by atoms with Crippen LogP contribution in [0, 0.1) is 5.82 Å². The molecule has 14 heavy (non-hydrogen) atoms. The molecule has 0 aliphatic carbocycles. The van der Waals surface area contributed by atoms with E-state index in [1.165, 1.54) is 6.07 Å². The summed E-state index contributed by atoms with van der Waals surface area (Å²) in [7, 11) is 0. The SMILES string of the molecule is CCSCCNc1ccc(Br)cc1F. The van der Waals surface area contributed by atoms with Gasteiger partial charge in [0.25, 0.3) is 0 Å². The van der Waals surface area contributed by atoms with E-state index >= 15 is 0 Å². The smallest absolute Gasteiger partial charge is 0.147 e. The lowest BCUT2D eigenvalue weighted by atomic mass is 10.3. The van der Waals surface area contributed by atoms with Crippen LogP contribution in [0.5, 0.6) is 0 Å². The van der Waals surface area contributed by atoms with Gasteiger partial charge < -0.3 is 5.32 Å². The first-order valence-electron chi connectivity index (χ1n) is 4.50. The van der Waals surface area contributed by atoms with Crippen molar-refractivity contribution in [2.24, 2.45) is 0 Å². The molecule has 0 fully saturated rings. The van der Waals surface area contributed by atoms with Crippen LogP contribution in [0.4, 0.5) is 10.1 Å². The monoisotopic (exact) mass is 277 g/mol. The normalized spacial score (nSPS) is 10.2. The van der Waals surface area contributed by atoms with Crippen molar-refractivity contribution in [2.45, 2.75) is 6.92 Å². The highest BCUT2D eigenvalue weighted by Gasteiger charge is 2.00. The van der Waals surface area contributed by atoms with Gasteiger partial charge in [0, 0.05) is 16.8 Å². The van der Waals surface area contributed by atoms with Gasteiger partial charge >= 0.3 is 0 Å².